The highest BCUT2D eigenvalue weighted by Crippen LogP contribution is 2.18. The van der Waals surface area contributed by atoms with Gasteiger partial charge in [-0.05, 0) is 24.1 Å². The summed E-state index contributed by atoms with van der Waals surface area (Å²) in [5.74, 6) is 1.20. The SMILES string of the molecule is CCc1ccc(S(=O)(=O)N2CCN(CCc3nnc(C)o3)CC2)cc1. The summed E-state index contributed by atoms with van der Waals surface area (Å²) >= 11 is 0. The number of nitrogens with zero attached hydrogens (tertiary/aromatic N) is 4. The van der Waals surface area contributed by atoms with E-state index >= 15 is 0 Å². The Kier molecular flexibility index (Phi) is 5.51. The van der Waals surface area contributed by atoms with Crippen LogP contribution in [0.2, 0.25) is 0 Å². The number of rotatable bonds is 6. The maximum Gasteiger partial charge on any atom is 0.243 e. The molecule has 25 heavy (non-hydrogen) atoms. The molecular weight excluding hydrogens is 340 g/mol. The summed E-state index contributed by atoms with van der Waals surface area (Å²) in [7, 11) is -3.41. The van der Waals surface area contributed by atoms with Crippen LogP contribution in [0, 0.1) is 6.92 Å². The summed E-state index contributed by atoms with van der Waals surface area (Å²) in [6.07, 6.45) is 1.59. The molecule has 0 radical (unpaired) electrons. The largest absolute Gasteiger partial charge is 0.426 e. The van der Waals surface area contributed by atoms with Crippen LogP contribution in [0.5, 0.6) is 0 Å². The first-order valence-corrected chi connectivity index (χ1v) is 10.0. The molecule has 0 N–H and O–H groups in total. The van der Waals surface area contributed by atoms with E-state index in [9.17, 15) is 8.42 Å². The van der Waals surface area contributed by atoms with Crippen LogP contribution in [-0.4, -0.2) is 60.5 Å². The summed E-state index contributed by atoms with van der Waals surface area (Å²) in [4.78, 5) is 2.60. The topological polar surface area (TPSA) is 79.5 Å². The lowest BCUT2D eigenvalue weighted by atomic mass is 10.2. The monoisotopic (exact) mass is 364 g/mol. The van der Waals surface area contributed by atoms with E-state index < -0.39 is 10.0 Å². The first-order chi connectivity index (χ1) is 12.0. The lowest BCUT2D eigenvalue weighted by Gasteiger charge is -2.33. The standard InChI is InChI=1S/C17H24N4O3S/c1-3-15-4-6-16(7-5-15)25(22,23)21-12-10-20(11-13-21)9-8-17-19-18-14(2)24-17/h4-7H,3,8-13H2,1-2H3. The summed E-state index contributed by atoms with van der Waals surface area (Å²) in [6.45, 7) is 7.03. The molecular formula is C17H24N4O3S. The van der Waals surface area contributed by atoms with Crippen molar-refractivity contribution in [3.05, 3.63) is 41.6 Å². The Morgan fingerprint density at radius 1 is 1.08 bits per heavy atom. The molecule has 3 rings (SSSR count). The smallest absolute Gasteiger partial charge is 0.243 e. The number of benzene rings is 1. The van der Waals surface area contributed by atoms with Gasteiger partial charge in [-0.25, -0.2) is 8.42 Å². The maximum atomic E-state index is 12.7. The molecule has 1 aliphatic rings. The van der Waals surface area contributed by atoms with Crippen LogP contribution >= 0.6 is 0 Å². The average Bonchev–Trinajstić information content (AvgIpc) is 3.06. The molecule has 7 nitrogen and oxygen atoms in total. The Balaban J connectivity index is 1.55. The highest BCUT2D eigenvalue weighted by Gasteiger charge is 2.28. The first kappa shape index (κ1) is 18.0. The Morgan fingerprint density at radius 3 is 2.32 bits per heavy atom. The van der Waals surface area contributed by atoms with Crippen LogP contribution in [0.15, 0.2) is 33.6 Å². The van der Waals surface area contributed by atoms with E-state index in [-0.39, 0.29) is 0 Å². The van der Waals surface area contributed by atoms with Crippen molar-refractivity contribution in [2.45, 2.75) is 31.6 Å². The number of hydrogen-bond acceptors (Lipinski definition) is 6. The van der Waals surface area contributed by atoms with E-state index in [1.807, 2.05) is 12.1 Å². The zero-order valence-electron chi connectivity index (χ0n) is 14.7. The second-order valence-corrected chi connectivity index (χ2v) is 8.15. The average molecular weight is 364 g/mol. The minimum absolute atomic E-state index is 0.375. The molecule has 1 aromatic heterocycles. The summed E-state index contributed by atoms with van der Waals surface area (Å²) in [5, 5.41) is 7.81. The lowest BCUT2D eigenvalue weighted by Crippen LogP contribution is -2.49. The van der Waals surface area contributed by atoms with Crippen LogP contribution in [0.3, 0.4) is 0 Å². The number of aryl methyl sites for hydroxylation is 2. The van der Waals surface area contributed by atoms with E-state index in [4.69, 9.17) is 4.42 Å². The van der Waals surface area contributed by atoms with Crippen LogP contribution in [-0.2, 0) is 22.9 Å². The molecule has 0 saturated carbocycles. The second kappa shape index (κ2) is 7.63. The number of sulfonamides is 1. The molecule has 2 aromatic rings. The molecule has 0 spiro atoms. The number of piperazine rings is 1. The van der Waals surface area contributed by atoms with Crippen LogP contribution in [0.1, 0.15) is 24.3 Å². The van der Waals surface area contributed by atoms with Gasteiger partial charge >= 0.3 is 0 Å². The van der Waals surface area contributed by atoms with E-state index in [2.05, 4.69) is 22.0 Å². The Morgan fingerprint density at radius 2 is 1.76 bits per heavy atom. The highest BCUT2D eigenvalue weighted by molar-refractivity contribution is 7.89. The van der Waals surface area contributed by atoms with Gasteiger partial charge in [0.25, 0.3) is 0 Å². The Bertz CT molecular complexity index is 794. The molecule has 0 unspecified atom stereocenters. The summed E-state index contributed by atoms with van der Waals surface area (Å²) < 4.78 is 32.4. The van der Waals surface area contributed by atoms with Gasteiger partial charge in [0.05, 0.1) is 4.90 Å². The zero-order valence-corrected chi connectivity index (χ0v) is 15.5. The third-order valence-electron chi connectivity index (χ3n) is 4.51. The van der Waals surface area contributed by atoms with E-state index in [1.54, 1.807) is 23.4 Å². The first-order valence-electron chi connectivity index (χ1n) is 8.59. The van der Waals surface area contributed by atoms with Gasteiger partial charge in [-0.1, -0.05) is 19.1 Å². The van der Waals surface area contributed by atoms with E-state index in [0.29, 0.717) is 49.3 Å². The van der Waals surface area contributed by atoms with Gasteiger partial charge in [-0.2, -0.15) is 4.31 Å². The summed E-state index contributed by atoms with van der Waals surface area (Å²) in [6, 6.07) is 7.18. The number of hydrogen-bond donors (Lipinski definition) is 0. The van der Waals surface area contributed by atoms with Crippen molar-refractivity contribution in [2.75, 3.05) is 32.7 Å². The molecule has 1 saturated heterocycles. The van der Waals surface area contributed by atoms with Gasteiger partial charge in [0.2, 0.25) is 21.8 Å². The van der Waals surface area contributed by atoms with Crippen molar-refractivity contribution < 1.29 is 12.8 Å². The fourth-order valence-electron chi connectivity index (χ4n) is 2.93. The minimum Gasteiger partial charge on any atom is -0.426 e. The van der Waals surface area contributed by atoms with Crippen molar-refractivity contribution in [1.82, 2.24) is 19.4 Å². The molecule has 0 amide bonds. The zero-order chi connectivity index (χ0) is 17.9. The fraction of sp³-hybridized carbons (Fsp3) is 0.529. The van der Waals surface area contributed by atoms with E-state index in [1.165, 1.54) is 0 Å². The number of aromatic nitrogens is 2. The third-order valence-corrected chi connectivity index (χ3v) is 6.42. The predicted molar refractivity (Wildman–Crippen MR) is 93.8 cm³/mol. The molecule has 0 bridgehead atoms. The molecule has 136 valence electrons. The van der Waals surface area contributed by atoms with Gasteiger partial charge in [0.1, 0.15) is 0 Å². The van der Waals surface area contributed by atoms with Gasteiger partial charge in [0, 0.05) is 46.1 Å². The minimum atomic E-state index is -3.41. The third kappa shape index (κ3) is 4.26. The van der Waals surface area contributed by atoms with Gasteiger partial charge in [-0.15, -0.1) is 10.2 Å². The summed E-state index contributed by atoms with van der Waals surface area (Å²) in [5.41, 5.74) is 1.14. The van der Waals surface area contributed by atoms with Crippen LogP contribution in [0.25, 0.3) is 0 Å². The van der Waals surface area contributed by atoms with Crippen molar-refractivity contribution in [3.8, 4) is 0 Å². The predicted octanol–water partition coefficient (Wildman–Crippen LogP) is 1.49. The lowest BCUT2D eigenvalue weighted by molar-refractivity contribution is 0.186. The van der Waals surface area contributed by atoms with Crippen LogP contribution in [0.4, 0.5) is 0 Å². The quantitative estimate of drug-likeness (QED) is 0.773. The van der Waals surface area contributed by atoms with Gasteiger partial charge in [-0.3, -0.25) is 0 Å². The van der Waals surface area contributed by atoms with Gasteiger partial charge < -0.3 is 9.32 Å². The molecule has 8 heteroatoms. The molecule has 0 atom stereocenters. The molecule has 1 aliphatic heterocycles. The van der Waals surface area contributed by atoms with Crippen LogP contribution < -0.4 is 0 Å². The Labute approximate surface area is 148 Å². The van der Waals surface area contributed by atoms with Crippen molar-refractivity contribution in [1.29, 1.82) is 0 Å². The van der Waals surface area contributed by atoms with Crippen molar-refractivity contribution >= 4 is 10.0 Å². The molecule has 1 fully saturated rings. The molecule has 1 aromatic carbocycles. The van der Waals surface area contributed by atoms with Crippen molar-refractivity contribution in [2.24, 2.45) is 0 Å². The van der Waals surface area contributed by atoms with Crippen molar-refractivity contribution in [3.63, 3.8) is 0 Å². The Hall–Kier alpha value is -1.77. The maximum absolute atomic E-state index is 12.7. The molecule has 0 aliphatic carbocycles. The van der Waals surface area contributed by atoms with Gasteiger partial charge in [0.15, 0.2) is 0 Å². The highest BCUT2D eigenvalue weighted by atomic mass is 32.2. The second-order valence-electron chi connectivity index (χ2n) is 6.21. The molecule has 2 heterocycles. The van der Waals surface area contributed by atoms with E-state index in [0.717, 1.165) is 18.5 Å². The normalized spacial score (nSPS) is 17.0. The fourth-order valence-corrected chi connectivity index (χ4v) is 4.35.